The number of nitrogens with one attached hydrogen (secondary N) is 1. The molecule has 0 radical (unpaired) electrons. The minimum atomic E-state index is -5.18. The first kappa shape index (κ1) is 35.3. The summed E-state index contributed by atoms with van der Waals surface area (Å²) in [7, 11) is -5.18. The lowest BCUT2D eigenvalue weighted by Crippen LogP contribution is -2.70. The summed E-state index contributed by atoms with van der Waals surface area (Å²) in [5.74, 6) is -4.55. The van der Waals surface area contributed by atoms with Gasteiger partial charge in [0.15, 0.2) is 31.1 Å². The second kappa shape index (κ2) is 13.8. The molecule has 0 spiro atoms. The third kappa shape index (κ3) is 8.10. The maximum Gasteiger partial charge on any atom is 0.397 e. The average Bonchev–Trinajstić information content (AvgIpc) is 2.90. The molecule has 3 heterocycles. The number of aliphatic hydroxyl groups excluding tert-OH is 7. The van der Waals surface area contributed by atoms with Gasteiger partial charge >= 0.3 is 22.3 Å². The van der Waals surface area contributed by atoms with Crippen LogP contribution in [0.4, 0.5) is 0 Å². The SMILES string of the molecule is CC(=O)N[C@H]1[C@H](O[C@H]2[C@H](O)[C@@H](O)[C@H](O)O[C@@H]2C(=O)O)O[C@H](COS(=O)(=O)O)[C@H](O)[C@@H]1O[C@@H]1O[C@H](C(=O)O)[C@@H](O)[C@H](O)[C@H]1O. The van der Waals surface area contributed by atoms with E-state index in [1.54, 1.807) is 0 Å². The fraction of sp³-hybridized carbons (Fsp3) is 0.850. The number of aliphatic carboxylic acids is 2. The standard InChI is InChI=1S/C20H31NO21S/c1-3(22)21-5-12(40-20-11(28)7(24)8(25)14(42-20)16(29)30)6(23)4(2-37-43(34,35)36)38-19(5)41-13-9(26)10(27)18(33)39-15(13)17(31)32/h4-15,18-20,23-28,33H,2H2,1H3,(H,21,22)(H,29,30)(H,31,32)(H,34,35,36)/t4-,5-,6+,7+,8+,9-,10-,11-,12-,13+,14+,15+,18-,19+,20-/m1/s1. The van der Waals surface area contributed by atoms with Gasteiger partial charge in [-0.2, -0.15) is 8.42 Å². The van der Waals surface area contributed by atoms with Crippen molar-refractivity contribution in [3.63, 3.8) is 0 Å². The van der Waals surface area contributed by atoms with Crippen LogP contribution in [0.25, 0.3) is 0 Å². The summed E-state index contributed by atoms with van der Waals surface area (Å²) < 4.78 is 61.7. The van der Waals surface area contributed by atoms with Crippen LogP contribution in [0.5, 0.6) is 0 Å². The zero-order chi connectivity index (χ0) is 32.5. The summed E-state index contributed by atoms with van der Waals surface area (Å²) in [5, 5.41) is 92.7. The van der Waals surface area contributed by atoms with Crippen LogP contribution < -0.4 is 5.32 Å². The number of carboxylic acids is 2. The van der Waals surface area contributed by atoms with E-state index in [9.17, 15) is 68.8 Å². The molecule has 3 saturated heterocycles. The Hall–Kier alpha value is -2.20. The molecule has 23 heteroatoms. The molecule has 11 N–H and O–H groups in total. The molecule has 0 unspecified atom stereocenters. The molecular weight excluding hydrogens is 622 g/mol. The highest BCUT2D eigenvalue weighted by molar-refractivity contribution is 7.80. The average molecular weight is 654 g/mol. The van der Waals surface area contributed by atoms with Crippen molar-refractivity contribution in [3.8, 4) is 0 Å². The fourth-order valence-corrected chi connectivity index (χ4v) is 4.86. The first-order valence-electron chi connectivity index (χ1n) is 12.2. The molecule has 0 aliphatic carbocycles. The van der Waals surface area contributed by atoms with Crippen LogP contribution in [0.15, 0.2) is 0 Å². The number of hydrogen-bond donors (Lipinski definition) is 11. The van der Waals surface area contributed by atoms with Gasteiger partial charge in [0.05, 0.1) is 6.61 Å². The number of carbonyl (C=O) groups excluding carboxylic acids is 1. The summed E-state index contributed by atoms with van der Waals surface area (Å²) >= 11 is 0. The van der Waals surface area contributed by atoms with Crippen LogP contribution in [-0.4, -0.2) is 175 Å². The minimum Gasteiger partial charge on any atom is -0.479 e. The van der Waals surface area contributed by atoms with Crippen molar-refractivity contribution >= 4 is 28.2 Å². The molecule has 3 fully saturated rings. The Morgan fingerprint density at radius 2 is 1.30 bits per heavy atom. The lowest BCUT2D eigenvalue weighted by Gasteiger charge is -2.48. The zero-order valence-electron chi connectivity index (χ0n) is 21.7. The van der Waals surface area contributed by atoms with E-state index >= 15 is 0 Å². The Labute approximate surface area is 240 Å². The normalized spacial score (nSPS) is 44.0. The van der Waals surface area contributed by atoms with Crippen molar-refractivity contribution in [3.05, 3.63) is 0 Å². The van der Waals surface area contributed by atoms with Gasteiger partial charge in [0.25, 0.3) is 0 Å². The quantitative estimate of drug-likeness (QED) is 0.0975. The molecule has 3 aliphatic rings. The van der Waals surface area contributed by atoms with Gasteiger partial charge in [-0.15, -0.1) is 0 Å². The number of hydrogen-bond acceptors (Lipinski definition) is 18. The van der Waals surface area contributed by atoms with Crippen LogP contribution in [0.2, 0.25) is 0 Å². The summed E-state index contributed by atoms with van der Waals surface area (Å²) in [6, 6.07) is -1.84. The second-order valence-corrected chi connectivity index (χ2v) is 10.8. The van der Waals surface area contributed by atoms with Crippen molar-refractivity contribution in [2.75, 3.05) is 6.61 Å². The summed E-state index contributed by atoms with van der Waals surface area (Å²) in [6.45, 7) is -0.285. The Bertz CT molecular complexity index is 1120. The van der Waals surface area contributed by atoms with E-state index in [4.69, 9.17) is 28.2 Å². The van der Waals surface area contributed by atoms with E-state index in [2.05, 4.69) is 9.50 Å². The smallest absolute Gasteiger partial charge is 0.397 e. The van der Waals surface area contributed by atoms with E-state index in [0.29, 0.717) is 0 Å². The van der Waals surface area contributed by atoms with E-state index < -0.39 is 127 Å². The van der Waals surface area contributed by atoms with Gasteiger partial charge in [0.1, 0.15) is 61.0 Å². The van der Waals surface area contributed by atoms with Crippen molar-refractivity contribution in [1.29, 1.82) is 0 Å². The van der Waals surface area contributed by atoms with Crippen LogP contribution >= 0.6 is 0 Å². The zero-order valence-corrected chi connectivity index (χ0v) is 22.6. The van der Waals surface area contributed by atoms with E-state index in [-0.39, 0.29) is 0 Å². The van der Waals surface area contributed by atoms with Crippen LogP contribution in [0, 0.1) is 0 Å². The molecule has 248 valence electrons. The topological polar surface area (TPSA) is 355 Å². The van der Waals surface area contributed by atoms with Gasteiger partial charge in [-0.25, -0.2) is 13.8 Å². The number of rotatable bonds is 10. The highest BCUT2D eigenvalue weighted by Crippen LogP contribution is 2.33. The molecule has 0 aromatic carbocycles. The molecule has 3 aliphatic heterocycles. The molecule has 0 saturated carbocycles. The van der Waals surface area contributed by atoms with Crippen molar-refractivity contribution in [2.24, 2.45) is 0 Å². The number of carboxylic acid groups (broad SMARTS) is 2. The maximum absolute atomic E-state index is 12.1. The molecule has 0 aromatic heterocycles. The maximum atomic E-state index is 12.1. The molecule has 0 aromatic rings. The highest BCUT2D eigenvalue weighted by Gasteiger charge is 2.56. The van der Waals surface area contributed by atoms with Crippen molar-refractivity contribution in [2.45, 2.75) is 99.0 Å². The van der Waals surface area contributed by atoms with Gasteiger partial charge in [0, 0.05) is 6.92 Å². The number of carbonyl (C=O) groups is 3. The first-order valence-corrected chi connectivity index (χ1v) is 13.6. The number of amides is 1. The van der Waals surface area contributed by atoms with E-state index in [1.807, 2.05) is 0 Å². The van der Waals surface area contributed by atoms with Crippen LogP contribution in [0.1, 0.15) is 6.92 Å². The molecule has 15 atom stereocenters. The predicted molar refractivity (Wildman–Crippen MR) is 124 cm³/mol. The third-order valence-corrected chi connectivity index (χ3v) is 7.06. The predicted octanol–water partition coefficient (Wildman–Crippen LogP) is -7.42. The lowest BCUT2D eigenvalue weighted by molar-refractivity contribution is -0.358. The van der Waals surface area contributed by atoms with Crippen molar-refractivity contribution in [1.82, 2.24) is 5.32 Å². The molecule has 3 rings (SSSR count). The summed E-state index contributed by atoms with van der Waals surface area (Å²) in [6.07, 6.45) is -30.0. The summed E-state index contributed by atoms with van der Waals surface area (Å²) in [5.41, 5.74) is 0. The largest absolute Gasteiger partial charge is 0.479 e. The number of ether oxygens (including phenoxy) is 5. The Kier molecular flexibility index (Phi) is 11.4. The van der Waals surface area contributed by atoms with Crippen LogP contribution in [0.3, 0.4) is 0 Å². The first-order chi connectivity index (χ1) is 19.8. The molecule has 1 amide bonds. The van der Waals surface area contributed by atoms with Crippen LogP contribution in [-0.2, 0) is 52.7 Å². The monoisotopic (exact) mass is 653 g/mol. The Morgan fingerprint density at radius 3 is 1.84 bits per heavy atom. The van der Waals surface area contributed by atoms with E-state index in [1.165, 1.54) is 0 Å². The highest BCUT2D eigenvalue weighted by atomic mass is 32.3. The Morgan fingerprint density at radius 1 is 0.721 bits per heavy atom. The summed E-state index contributed by atoms with van der Waals surface area (Å²) in [4.78, 5) is 35.4. The number of aliphatic hydroxyl groups is 7. The van der Waals surface area contributed by atoms with Crippen molar-refractivity contribution < 1.29 is 101 Å². The minimum absolute atomic E-state index is 0.912. The Balaban J connectivity index is 2.02. The van der Waals surface area contributed by atoms with Gasteiger partial charge in [0.2, 0.25) is 5.91 Å². The molecular formula is C20H31NO21S. The van der Waals surface area contributed by atoms with Gasteiger partial charge in [-0.3, -0.25) is 9.35 Å². The van der Waals surface area contributed by atoms with E-state index in [0.717, 1.165) is 6.92 Å². The molecule has 22 nitrogen and oxygen atoms in total. The molecule has 43 heavy (non-hydrogen) atoms. The second-order valence-electron chi connectivity index (χ2n) is 9.68. The lowest BCUT2D eigenvalue weighted by atomic mass is 9.94. The van der Waals surface area contributed by atoms with Gasteiger partial charge in [-0.1, -0.05) is 0 Å². The molecule has 0 bridgehead atoms. The third-order valence-electron chi connectivity index (χ3n) is 6.63. The fourth-order valence-electron chi connectivity index (χ4n) is 4.55. The van der Waals surface area contributed by atoms with Gasteiger partial charge < -0.3 is 75.0 Å². The van der Waals surface area contributed by atoms with Gasteiger partial charge in [-0.05, 0) is 0 Å².